The van der Waals surface area contributed by atoms with Gasteiger partial charge in [-0.1, -0.05) is 36.4 Å². The van der Waals surface area contributed by atoms with E-state index in [0.29, 0.717) is 29.4 Å². The van der Waals surface area contributed by atoms with Crippen LogP contribution in [0.25, 0.3) is 0 Å². The molecule has 28 heavy (non-hydrogen) atoms. The summed E-state index contributed by atoms with van der Waals surface area (Å²) in [4.78, 5) is 16.0. The van der Waals surface area contributed by atoms with Crippen molar-refractivity contribution in [3.63, 3.8) is 0 Å². The van der Waals surface area contributed by atoms with Gasteiger partial charge in [0.25, 0.3) is 5.91 Å². The fourth-order valence-electron chi connectivity index (χ4n) is 2.59. The van der Waals surface area contributed by atoms with Crippen LogP contribution in [0, 0.1) is 11.3 Å². The first-order valence-corrected chi connectivity index (χ1v) is 8.60. The molecule has 3 aromatic rings. The highest BCUT2D eigenvalue weighted by Gasteiger charge is 2.11. The lowest BCUT2D eigenvalue weighted by molar-refractivity contribution is 0.100. The van der Waals surface area contributed by atoms with E-state index in [1.807, 2.05) is 42.5 Å². The smallest absolute Gasteiger partial charge is 0.252 e. The number of anilines is 3. The van der Waals surface area contributed by atoms with E-state index in [1.165, 1.54) is 6.20 Å². The normalized spacial score (nSPS) is 9.96. The zero-order valence-electron chi connectivity index (χ0n) is 15.1. The highest BCUT2D eigenvalue weighted by Crippen LogP contribution is 2.24. The minimum atomic E-state index is -0.554. The number of rotatable bonds is 8. The Balaban J connectivity index is 1.78. The third-order valence-corrected chi connectivity index (χ3v) is 3.91. The molecule has 7 heteroatoms. The van der Waals surface area contributed by atoms with Crippen molar-refractivity contribution in [1.82, 2.24) is 4.98 Å². The van der Waals surface area contributed by atoms with Gasteiger partial charge in [-0.15, -0.1) is 0 Å². The lowest BCUT2D eigenvalue weighted by atomic mass is 10.2. The molecule has 4 N–H and O–H groups in total. The second-order valence-corrected chi connectivity index (χ2v) is 5.92. The molecule has 0 saturated heterocycles. The summed E-state index contributed by atoms with van der Waals surface area (Å²) in [6.07, 6.45) is 1.44. The summed E-state index contributed by atoms with van der Waals surface area (Å²) >= 11 is 0. The van der Waals surface area contributed by atoms with Crippen molar-refractivity contribution >= 4 is 23.1 Å². The summed E-state index contributed by atoms with van der Waals surface area (Å²) in [6.45, 7) is 0.518. The Kier molecular flexibility index (Phi) is 6.06. The Labute approximate surface area is 162 Å². The Morgan fingerprint density at radius 2 is 1.96 bits per heavy atom. The highest BCUT2D eigenvalue weighted by molar-refractivity contribution is 5.98. The Bertz CT molecular complexity index is 999. The summed E-state index contributed by atoms with van der Waals surface area (Å²) in [6, 6.07) is 20.7. The van der Waals surface area contributed by atoms with Gasteiger partial charge >= 0.3 is 0 Å². The van der Waals surface area contributed by atoms with E-state index in [0.717, 1.165) is 11.3 Å². The number of primary amides is 1. The van der Waals surface area contributed by atoms with Crippen LogP contribution in [0.4, 0.5) is 17.2 Å². The van der Waals surface area contributed by atoms with Gasteiger partial charge in [0.2, 0.25) is 0 Å². The van der Waals surface area contributed by atoms with Gasteiger partial charge in [-0.2, -0.15) is 5.26 Å². The number of aromatic nitrogens is 1. The predicted molar refractivity (Wildman–Crippen MR) is 107 cm³/mol. The topological polar surface area (TPSA) is 113 Å². The van der Waals surface area contributed by atoms with Crippen molar-refractivity contribution in [2.24, 2.45) is 5.73 Å². The van der Waals surface area contributed by atoms with E-state index in [1.54, 1.807) is 24.3 Å². The standard InChI is InChI=1S/C21H19N5O2/c22-9-10-28-17-8-4-7-16(11-17)26-20-12-19(18(14-25-20)21(23)27)24-13-15-5-2-1-3-6-15/h1-8,11-12,14H,10,13H2,(H2,23,27)(H2,24,25,26). The first-order valence-electron chi connectivity index (χ1n) is 8.60. The molecular weight excluding hydrogens is 354 g/mol. The summed E-state index contributed by atoms with van der Waals surface area (Å²) in [7, 11) is 0. The largest absolute Gasteiger partial charge is 0.479 e. The van der Waals surface area contributed by atoms with Crippen LogP contribution < -0.4 is 21.1 Å². The Morgan fingerprint density at radius 3 is 2.71 bits per heavy atom. The third kappa shape index (κ3) is 4.99. The molecule has 0 saturated carbocycles. The van der Waals surface area contributed by atoms with Crippen molar-refractivity contribution in [3.8, 4) is 11.8 Å². The average Bonchev–Trinajstić information content (AvgIpc) is 2.72. The number of nitrogens with two attached hydrogens (primary N) is 1. The van der Waals surface area contributed by atoms with Gasteiger partial charge in [-0.05, 0) is 17.7 Å². The summed E-state index contributed by atoms with van der Waals surface area (Å²) in [5.74, 6) is 0.558. The maximum absolute atomic E-state index is 11.7. The number of carbonyl (C=O) groups excluding carboxylic acids is 1. The van der Waals surface area contributed by atoms with Gasteiger partial charge in [0.15, 0.2) is 6.61 Å². The Morgan fingerprint density at radius 1 is 1.14 bits per heavy atom. The molecule has 3 rings (SSSR count). The molecule has 0 bridgehead atoms. The highest BCUT2D eigenvalue weighted by atomic mass is 16.5. The second kappa shape index (κ2) is 9.05. The van der Waals surface area contributed by atoms with Gasteiger partial charge < -0.3 is 21.1 Å². The molecule has 0 radical (unpaired) electrons. The van der Waals surface area contributed by atoms with Crippen LogP contribution in [0.1, 0.15) is 15.9 Å². The molecule has 0 aliphatic heterocycles. The number of hydrogen-bond donors (Lipinski definition) is 3. The molecular formula is C21H19N5O2. The number of nitrogens with one attached hydrogen (secondary N) is 2. The van der Waals surface area contributed by atoms with Crippen LogP contribution in [0.5, 0.6) is 5.75 Å². The molecule has 0 aliphatic carbocycles. The molecule has 0 spiro atoms. The molecule has 7 nitrogen and oxygen atoms in total. The number of nitrogens with zero attached hydrogens (tertiary/aromatic N) is 2. The maximum Gasteiger partial charge on any atom is 0.252 e. The van der Waals surface area contributed by atoms with Crippen molar-refractivity contribution in [3.05, 3.63) is 78.0 Å². The number of amides is 1. The number of nitriles is 1. The predicted octanol–water partition coefficient (Wildman–Crippen LogP) is 3.44. The zero-order chi connectivity index (χ0) is 19.8. The van der Waals surface area contributed by atoms with E-state index in [-0.39, 0.29) is 6.61 Å². The number of ether oxygens (including phenoxy) is 1. The monoisotopic (exact) mass is 373 g/mol. The van der Waals surface area contributed by atoms with E-state index in [2.05, 4.69) is 15.6 Å². The quantitative estimate of drug-likeness (QED) is 0.557. The number of hydrogen-bond acceptors (Lipinski definition) is 6. The van der Waals surface area contributed by atoms with Crippen LogP contribution in [-0.4, -0.2) is 17.5 Å². The second-order valence-electron chi connectivity index (χ2n) is 5.92. The SMILES string of the molecule is N#CCOc1cccc(Nc2cc(NCc3ccccc3)c(C(N)=O)cn2)c1. The molecule has 0 atom stereocenters. The van der Waals surface area contributed by atoms with E-state index in [4.69, 9.17) is 15.7 Å². The minimum absolute atomic E-state index is 0.0252. The third-order valence-electron chi connectivity index (χ3n) is 3.91. The molecule has 1 aromatic heterocycles. The first kappa shape index (κ1) is 18.7. The number of benzene rings is 2. The van der Waals surface area contributed by atoms with Crippen molar-refractivity contribution < 1.29 is 9.53 Å². The van der Waals surface area contributed by atoms with Crippen LogP contribution in [0.2, 0.25) is 0 Å². The van der Waals surface area contributed by atoms with Gasteiger partial charge in [0, 0.05) is 30.6 Å². The van der Waals surface area contributed by atoms with Crippen molar-refractivity contribution in [2.45, 2.75) is 6.54 Å². The molecule has 2 aromatic carbocycles. The lowest BCUT2D eigenvalue weighted by Gasteiger charge is -2.13. The average molecular weight is 373 g/mol. The van der Waals surface area contributed by atoms with E-state index in [9.17, 15) is 4.79 Å². The van der Waals surface area contributed by atoms with Crippen LogP contribution in [0.15, 0.2) is 66.9 Å². The molecule has 0 fully saturated rings. The van der Waals surface area contributed by atoms with Crippen LogP contribution in [-0.2, 0) is 6.54 Å². The fraction of sp³-hybridized carbons (Fsp3) is 0.0952. The van der Waals surface area contributed by atoms with Gasteiger partial charge in [-0.25, -0.2) is 4.98 Å². The van der Waals surface area contributed by atoms with Gasteiger partial charge in [-0.3, -0.25) is 4.79 Å². The minimum Gasteiger partial charge on any atom is -0.479 e. The van der Waals surface area contributed by atoms with E-state index >= 15 is 0 Å². The fourth-order valence-corrected chi connectivity index (χ4v) is 2.59. The van der Waals surface area contributed by atoms with Gasteiger partial charge in [0.05, 0.1) is 11.3 Å². The molecule has 1 heterocycles. The molecule has 140 valence electrons. The molecule has 1 amide bonds. The lowest BCUT2D eigenvalue weighted by Crippen LogP contribution is -2.15. The Hall–Kier alpha value is -4.05. The summed E-state index contributed by atoms with van der Waals surface area (Å²) in [5.41, 5.74) is 8.19. The number of carbonyl (C=O) groups is 1. The van der Waals surface area contributed by atoms with Gasteiger partial charge in [0.1, 0.15) is 17.6 Å². The molecule has 0 unspecified atom stereocenters. The zero-order valence-corrected chi connectivity index (χ0v) is 15.1. The maximum atomic E-state index is 11.7. The summed E-state index contributed by atoms with van der Waals surface area (Å²) in [5, 5.41) is 15.0. The van der Waals surface area contributed by atoms with Crippen molar-refractivity contribution in [1.29, 1.82) is 5.26 Å². The number of pyridine rings is 1. The van der Waals surface area contributed by atoms with Crippen LogP contribution >= 0.6 is 0 Å². The van der Waals surface area contributed by atoms with E-state index < -0.39 is 5.91 Å². The van der Waals surface area contributed by atoms with Crippen LogP contribution in [0.3, 0.4) is 0 Å². The molecule has 0 aliphatic rings. The van der Waals surface area contributed by atoms with Crippen molar-refractivity contribution in [2.75, 3.05) is 17.2 Å². The summed E-state index contributed by atoms with van der Waals surface area (Å²) < 4.78 is 5.30. The first-order chi connectivity index (χ1) is 13.7.